The van der Waals surface area contributed by atoms with Crippen LogP contribution in [0.3, 0.4) is 0 Å². The van der Waals surface area contributed by atoms with E-state index in [1.807, 2.05) is 0 Å². The second-order valence-electron chi connectivity index (χ2n) is 11.3. The predicted molar refractivity (Wildman–Crippen MR) is 172 cm³/mol. The Morgan fingerprint density at radius 2 is 1.38 bits per heavy atom. The number of amides is 5. The number of nitrogens with two attached hydrogens (primary N) is 3. The van der Waals surface area contributed by atoms with Crippen LogP contribution in [-0.2, 0) is 39.8 Å². The maximum atomic E-state index is 13.7. The van der Waals surface area contributed by atoms with E-state index in [1.54, 1.807) is 13.8 Å². The maximum absolute atomic E-state index is 13.7. The van der Waals surface area contributed by atoms with Gasteiger partial charge in [-0.15, -0.1) is 0 Å². The van der Waals surface area contributed by atoms with Gasteiger partial charge in [0, 0.05) is 26.3 Å². The lowest BCUT2D eigenvalue weighted by Crippen LogP contribution is -2.58. The van der Waals surface area contributed by atoms with Crippen molar-refractivity contribution in [1.29, 1.82) is 0 Å². The molecule has 0 bridgehead atoms. The zero-order valence-corrected chi connectivity index (χ0v) is 27.8. The molecule has 5 amide bonds. The molecule has 0 unspecified atom stereocenters. The number of aliphatic carboxylic acids is 1. The predicted octanol–water partition coefficient (Wildman–Crippen LogP) is -1.89. The van der Waals surface area contributed by atoms with Gasteiger partial charge in [0.15, 0.2) is 5.96 Å². The van der Waals surface area contributed by atoms with Crippen molar-refractivity contribution < 1.29 is 52.7 Å². The highest BCUT2D eigenvalue weighted by Crippen LogP contribution is 2.37. The molecule has 0 saturated heterocycles. The van der Waals surface area contributed by atoms with Crippen molar-refractivity contribution in [3.05, 3.63) is 29.8 Å². The number of benzene rings is 1. The van der Waals surface area contributed by atoms with Gasteiger partial charge in [-0.1, -0.05) is 26.0 Å². The van der Waals surface area contributed by atoms with Crippen molar-refractivity contribution in [1.82, 2.24) is 21.3 Å². The summed E-state index contributed by atoms with van der Waals surface area (Å²) in [4.78, 5) is 97.1. The molecule has 0 heterocycles. The maximum Gasteiger partial charge on any atom is 0.524 e. The van der Waals surface area contributed by atoms with Gasteiger partial charge in [0.25, 0.3) is 0 Å². The standard InChI is InChI=1S/C28H45N8O11P/c1-15(2)13-21(26(42)34-19(24(29)40)5-4-12-32-28(30)31)35-27(43)22(14-17-6-8-18(9-7-17)47-48(44,45)46)36-25(41)20(33-16(3)37)10-11-23(38)39/h6-9,15,19-22H,4-5,10-14H2,1-3H3,(H2,29,40)(H,33,37)(H,34,42)(H,35,43)(H,36,41)(H,38,39)(H4,30,31,32)(H2,44,45,46)/t19-,20-,21-,22-/m0/s1. The molecule has 0 aliphatic carbocycles. The fraction of sp³-hybridized carbons (Fsp3) is 0.536. The minimum atomic E-state index is -4.85. The van der Waals surface area contributed by atoms with Crippen LogP contribution in [0, 0.1) is 5.92 Å². The number of nitrogens with zero attached hydrogens (tertiary/aromatic N) is 1. The molecule has 13 N–H and O–H groups in total. The number of hydrogen-bond acceptors (Lipinski definition) is 9. The Kier molecular flexibility index (Phi) is 17.0. The summed E-state index contributed by atoms with van der Waals surface area (Å²) in [6.07, 6.45) is -0.471. The van der Waals surface area contributed by atoms with Gasteiger partial charge in [-0.25, -0.2) is 4.57 Å². The highest BCUT2D eigenvalue weighted by atomic mass is 31.2. The number of phosphoric acid groups is 1. The molecule has 268 valence electrons. The molecular weight excluding hydrogens is 655 g/mol. The number of carbonyl (C=O) groups excluding carboxylic acids is 5. The minimum Gasteiger partial charge on any atom is -0.481 e. The Labute approximate surface area is 277 Å². The fourth-order valence-corrected chi connectivity index (χ4v) is 4.76. The monoisotopic (exact) mass is 700 g/mol. The number of nitrogens with one attached hydrogen (secondary N) is 4. The van der Waals surface area contributed by atoms with Gasteiger partial charge in [0.05, 0.1) is 0 Å². The Morgan fingerprint density at radius 1 is 0.833 bits per heavy atom. The van der Waals surface area contributed by atoms with Crippen molar-refractivity contribution >= 4 is 49.3 Å². The number of guanidine groups is 1. The SMILES string of the molecule is CC(=O)N[C@@H](CCC(=O)O)C(=O)N[C@@H](Cc1ccc(OP(=O)(O)O)cc1)C(=O)N[C@@H](CC(C)C)C(=O)N[C@@H](CCCN=C(N)N)C(N)=O. The van der Waals surface area contributed by atoms with Crippen LogP contribution < -0.4 is 43.0 Å². The smallest absolute Gasteiger partial charge is 0.481 e. The van der Waals surface area contributed by atoms with Crippen LogP contribution in [0.1, 0.15) is 58.4 Å². The number of carboxylic acid groups (broad SMARTS) is 1. The summed E-state index contributed by atoms with van der Waals surface area (Å²) in [5, 5.41) is 19.1. The normalized spacial score (nSPS) is 13.6. The first kappa shape index (κ1) is 41.3. The highest BCUT2D eigenvalue weighted by molar-refractivity contribution is 7.46. The number of primary amides is 1. The molecule has 0 aliphatic heterocycles. The molecule has 20 heteroatoms. The van der Waals surface area contributed by atoms with E-state index in [-0.39, 0.29) is 49.9 Å². The van der Waals surface area contributed by atoms with Gasteiger partial charge in [0.1, 0.15) is 29.9 Å². The Morgan fingerprint density at radius 3 is 1.88 bits per heavy atom. The van der Waals surface area contributed by atoms with Crippen LogP contribution in [0.4, 0.5) is 0 Å². The van der Waals surface area contributed by atoms with E-state index in [1.165, 1.54) is 24.3 Å². The topological polar surface area (TPSA) is 328 Å². The summed E-state index contributed by atoms with van der Waals surface area (Å²) in [5.74, 6) is -5.59. The largest absolute Gasteiger partial charge is 0.524 e. The summed E-state index contributed by atoms with van der Waals surface area (Å²) in [7, 11) is -4.85. The number of rotatable bonds is 21. The lowest BCUT2D eigenvalue weighted by molar-refractivity contribution is -0.138. The molecule has 19 nitrogen and oxygen atoms in total. The second-order valence-corrected chi connectivity index (χ2v) is 12.4. The van der Waals surface area contributed by atoms with Crippen molar-refractivity contribution in [2.75, 3.05) is 6.54 Å². The molecule has 0 spiro atoms. The van der Waals surface area contributed by atoms with Gasteiger partial charge < -0.3 is 48.1 Å². The molecule has 0 fully saturated rings. The Balaban J connectivity index is 3.32. The molecule has 0 aliphatic rings. The zero-order chi connectivity index (χ0) is 36.6. The lowest BCUT2D eigenvalue weighted by atomic mass is 10.00. The summed E-state index contributed by atoms with van der Waals surface area (Å²) in [5.41, 5.74) is 16.5. The molecular formula is C28H45N8O11P. The highest BCUT2D eigenvalue weighted by Gasteiger charge is 2.31. The van der Waals surface area contributed by atoms with Crippen molar-refractivity contribution in [2.45, 2.75) is 83.5 Å². The minimum absolute atomic E-state index is 0.0987. The third-order valence-corrected chi connectivity index (χ3v) is 6.96. The van der Waals surface area contributed by atoms with E-state index in [2.05, 4.69) is 30.8 Å². The first-order chi connectivity index (χ1) is 22.3. The Hall–Kier alpha value is -4.74. The van der Waals surface area contributed by atoms with E-state index in [0.29, 0.717) is 12.0 Å². The van der Waals surface area contributed by atoms with E-state index in [9.17, 15) is 33.3 Å². The average Bonchev–Trinajstić information content (AvgIpc) is 2.95. The van der Waals surface area contributed by atoms with Gasteiger partial charge in [0.2, 0.25) is 29.5 Å². The van der Waals surface area contributed by atoms with Crippen LogP contribution in [0.5, 0.6) is 5.75 Å². The number of aliphatic imine (C=N–C) groups is 1. The number of carboxylic acids is 1. The molecule has 0 radical (unpaired) electrons. The molecule has 0 aromatic heterocycles. The molecule has 1 aromatic carbocycles. The number of phosphoric ester groups is 1. The first-order valence-electron chi connectivity index (χ1n) is 14.9. The van der Waals surface area contributed by atoms with E-state index in [4.69, 9.17) is 32.1 Å². The molecule has 1 rings (SSSR count). The summed E-state index contributed by atoms with van der Waals surface area (Å²) >= 11 is 0. The van der Waals surface area contributed by atoms with Crippen LogP contribution in [-0.4, -0.2) is 87.1 Å². The molecule has 0 saturated carbocycles. The van der Waals surface area contributed by atoms with Crippen LogP contribution >= 0.6 is 7.82 Å². The fourth-order valence-electron chi connectivity index (χ4n) is 4.36. The number of carbonyl (C=O) groups is 6. The average molecular weight is 701 g/mol. The molecule has 4 atom stereocenters. The first-order valence-corrected chi connectivity index (χ1v) is 16.4. The zero-order valence-electron chi connectivity index (χ0n) is 26.9. The van der Waals surface area contributed by atoms with Crippen molar-refractivity contribution in [3.63, 3.8) is 0 Å². The molecule has 1 aromatic rings. The van der Waals surface area contributed by atoms with Crippen LogP contribution in [0.25, 0.3) is 0 Å². The van der Waals surface area contributed by atoms with Crippen LogP contribution in [0.2, 0.25) is 0 Å². The summed E-state index contributed by atoms with van der Waals surface area (Å²) in [6.45, 7) is 4.87. The van der Waals surface area contributed by atoms with Crippen molar-refractivity contribution in [2.24, 2.45) is 28.1 Å². The van der Waals surface area contributed by atoms with Gasteiger partial charge >= 0.3 is 13.8 Å². The van der Waals surface area contributed by atoms with E-state index in [0.717, 1.165) is 6.92 Å². The lowest BCUT2D eigenvalue weighted by Gasteiger charge is -2.27. The van der Waals surface area contributed by atoms with E-state index >= 15 is 0 Å². The van der Waals surface area contributed by atoms with Gasteiger partial charge in [-0.05, 0) is 49.3 Å². The number of hydrogen-bond donors (Lipinski definition) is 10. The summed E-state index contributed by atoms with van der Waals surface area (Å²) in [6, 6.07) is 0.175. The quantitative estimate of drug-likeness (QED) is 0.0291. The van der Waals surface area contributed by atoms with Crippen LogP contribution in [0.15, 0.2) is 29.3 Å². The summed E-state index contributed by atoms with van der Waals surface area (Å²) < 4.78 is 15.7. The van der Waals surface area contributed by atoms with Gasteiger partial charge in [-0.3, -0.25) is 43.5 Å². The van der Waals surface area contributed by atoms with Crippen molar-refractivity contribution in [3.8, 4) is 5.75 Å². The second kappa shape index (κ2) is 19.8. The van der Waals surface area contributed by atoms with E-state index < -0.39 is 73.9 Å². The Bertz CT molecular complexity index is 1360. The van der Waals surface area contributed by atoms with Gasteiger partial charge in [-0.2, -0.15) is 0 Å². The third kappa shape index (κ3) is 17.3. The third-order valence-electron chi connectivity index (χ3n) is 6.51. The molecule has 48 heavy (non-hydrogen) atoms.